The van der Waals surface area contributed by atoms with E-state index in [1.54, 1.807) is 0 Å². The van der Waals surface area contributed by atoms with Crippen LogP contribution in [0.2, 0.25) is 0 Å². The Morgan fingerprint density at radius 1 is 1.67 bits per heavy atom. The molecule has 0 bridgehead atoms. The molecule has 0 aromatic heterocycles. The van der Waals surface area contributed by atoms with E-state index in [-0.39, 0.29) is 17.1 Å². The zero-order valence-electron chi connectivity index (χ0n) is 5.09. The van der Waals surface area contributed by atoms with Gasteiger partial charge in [0.15, 0.2) is 0 Å². The molecular weight excluding hydrogens is 138 g/mol. The van der Waals surface area contributed by atoms with Crippen LogP contribution in [-0.4, -0.2) is 23.3 Å². The van der Waals surface area contributed by atoms with Gasteiger partial charge in [0, 0.05) is 0 Å². The molecule has 1 saturated heterocycles. The molecule has 0 spiro atoms. The van der Waals surface area contributed by atoms with Crippen LogP contribution in [0.15, 0.2) is 0 Å². The van der Waals surface area contributed by atoms with Crippen LogP contribution in [0.3, 0.4) is 0 Å². The Labute approximate surface area is 57.2 Å². The Balaban J connectivity index is 2.58. The minimum absolute atomic E-state index is 0.0208. The van der Waals surface area contributed by atoms with Gasteiger partial charge in [0.2, 0.25) is 0 Å². The van der Waals surface area contributed by atoms with E-state index in [0.717, 1.165) is 0 Å². The maximum atomic E-state index is 10.7. The van der Waals surface area contributed by atoms with Crippen molar-refractivity contribution < 1.29 is 14.9 Å². The first kappa shape index (κ1) is 6.77. The third-order valence-corrected chi connectivity index (χ3v) is 2.26. The van der Waals surface area contributed by atoms with Crippen molar-refractivity contribution in [1.82, 2.24) is 0 Å². The van der Waals surface area contributed by atoms with E-state index in [1.165, 1.54) is 17.1 Å². The highest BCUT2D eigenvalue weighted by molar-refractivity contribution is 7.99. The average Bonchev–Trinajstić information content (AvgIpc) is 2.10. The monoisotopic (exact) mass is 146 g/mol. The maximum absolute atomic E-state index is 10.7. The van der Waals surface area contributed by atoms with Crippen molar-refractivity contribution in [3.63, 3.8) is 0 Å². The molecule has 9 heavy (non-hydrogen) atoms. The molecule has 1 fully saturated rings. The molecule has 1 rings (SSSR count). The zero-order chi connectivity index (χ0) is 6.85. The van der Waals surface area contributed by atoms with Gasteiger partial charge < -0.3 is 0 Å². The SMILES string of the molecule is CSC1CC(=O)[NH2+]C1=O. The first-order valence-corrected chi connectivity index (χ1v) is 3.97. The van der Waals surface area contributed by atoms with Gasteiger partial charge in [0.05, 0.1) is 6.42 Å². The summed E-state index contributed by atoms with van der Waals surface area (Å²) in [6.07, 6.45) is 2.25. The van der Waals surface area contributed by atoms with Gasteiger partial charge >= 0.3 is 11.8 Å². The number of carbonyl (C=O) groups excluding carboxylic acids is 2. The van der Waals surface area contributed by atoms with Gasteiger partial charge in [-0.15, -0.1) is 11.8 Å². The molecule has 1 aliphatic rings. The minimum Gasteiger partial charge on any atom is -0.230 e. The number of primary amides is 2. The number of thioether (sulfide) groups is 1. The fourth-order valence-corrected chi connectivity index (χ4v) is 1.42. The van der Waals surface area contributed by atoms with Gasteiger partial charge in [-0.05, 0) is 6.26 Å². The van der Waals surface area contributed by atoms with Gasteiger partial charge in [0.1, 0.15) is 5.25 Å². The molecule has 4 heteroatoms. The van der Waals surface area contributed by atoms with Crippen molar-refractivity contribution in [1.29, 1.82) is 0 Å². The summed E-state index contributed by atoms with van der Waals surface area (Å²) in [5.74, 6) is -0.0492. The summed E-state index contributed by atoms with van der Waals surface area (Å²) >= 11 is 1.44. The highest BCUT2D eigenvalue weighted by atomic mass is 32.2. The molecule has 2 amide bonds. The summed E-state index contributed by atoms with van der Waals surface area (Å²) in [6, 6.07) is 0. The Morgan fingerprint density at radius 2 is 2.33 bits per heavy atom. The van der Waals surface area contributed by atoms with E-state index in [9.17, 15) is 9.59 Å². The molecule has 3 nitrogen and oxygen atoms in total. The number of amides is 2. The van der Waals surface area contributed by atoms with E-state index in [0.29, 0.717) is 6.42 Å². The van der Waals surface area contributed by atoms with Crippen LogP contribution in [0, 0.1) is 0 Å². The lowest BCUT2D eigenvalue weighted by atomic mass is 10.4. The van der Waals surface area contributed by atoms with Crippen LogP contribution in [0.5, 0.6) is 0 Å². The lowest BCUT2D eigenvalue weighted by Crippen LogP contribution is -2.88. The van der Waals surface area contributed by atoms with Crippen molar-refractivity contribution in [3.05, 3.63) is 0 Å². The molecule has 0 radical (unpaired) electrons. The predicted octanol–water partition coefficient (Wildman–Crippen LogP) is -1.26. The topological polar surface area (TPSA) is 50.8 Å². The second-order valence-electron chi connectivity index (χ2n) is 1.94. The Morgan fingerprint density at radius 3 is 2.56 bits per heavy atom. The molecule has 2 N–H and O–H groups in total. The number of hydrogen-bond donors (Lipinski definition) is 1. The largest absolute Gasteiger partial charge is 0.331 e. The van der Waals surface area contributed by atoms with Crippen molar-refractivity contribution in [2.24, 2.45) is 0 Å². The fourth-order valence-electron chi connectivity index (χ4n) is 0.793. The van der Waals surface area contributed by atoms with Crippen LogP contribution in [-0.2, 0) is 9.59 Å². The molecule has 0 aromatic carbocycles. The van der Waals surface area contributed by atoms with Crippen LogP contribution in [0.4, 0.5) is 0 Å². The molecule has 1 heterocycles. The van der Waals surface area contributed by atoms with Crippen LogP contribution >= 0.6 is 11.8 Å². The standard InChI is InChI=1S/C5H7NO2S/c1-9-3-2-4(7)6-5(3)8/h3H,2H2,1H3,(H,6,7,8)/p+1. The van der Waals surface area contributed by atoms with Crippen LogP contribution < -0.4 is 5.32 Å². The van der Waals surface area contributed by atoms with E-state index in [2.05, 4.69) is 0 Å². The fraction of sp³-hybridized carbons (Fsp3) is 0.600. The summed E-state index contributed by atoms with van der Waals surface area (Å²) in [6.45, 7) is 0. The number of carbonyl (C=O) groups is 2. The summed E-state index contributed by atoms with van der Waals surface area (Å²) in [5, 5.41) is 1.11. The number of rotatable bonds is 1. The van der Waals surface area contributed by atoms with Gasteiger partial charge in [-0.3, -0.25) is 0 Å². The number of imide groups is 1. The van der Waals surface area contributed by atoms with Crippen molar-refractivity contribution >= 4 is 23.6 Å². The molecule has 1 atom stereocenters. The molecule has 1 unspecified atom stereocenters. The molecule has 50 valence electrons. The second kappa shape index (κ2) is 2.49. The van der Waals surface area contributed by atoms with Crippen LogP contribution in [0.25, 0.3) is 0 Å². The predicted molar refractivity (Wildman–Crippen MR) is 33.9 cm³/mol. The third-order valence-electron chi connectivity index (χ3n) is 1.29. The first-order valence-electron chi connectivity index (χ1n) is 2.68. The number of hydrogen-bond acceptors (Lipinski definition) is 3. The summed E-state index contributed by atoms with van der Waals surface area (Å²) < 4.78 is 0. The summed E-state index contributed by atoms with van der Waals surface area (Å²) in [4.78, 5) is 21.3. The Kier molecular flexibility index (Phi) is 1.87. The average molecular weight is 146 g/mol. The highest BCUT2D eigenvalue weighted by Crippen LogP contribution is 2.11. The van der Waals surface area contributed by atoms with Gasteiger partial charge in [-0.25, -0.2) is 14.9 Å². The van der Waals surface area contributed by atoms with E-state index in [4.69, 9.17) is 0 Å². The lowest BCUT2D eigenvalue weighted by molar-refractivity contribution is -0.476. The Bertz CT molecular complexity index is 157. The molecular formula is C5H8NO2S+. The lowest BCUT2D eigenvalue weighted by Gasteiger charge is -1.91. The maximum Gasteiger partial charge on any atom is 0.331 e. The van der Waals surface area contributed by atoms with Crippen LogP contribution in [0.1, 0.15) is 6.42 Å². The number of quaternary nitrogens is 1. The second-order valence-corrected chi connectivity index (χ2v) is 2.98. The van der Waals surface area contributed by atoms with Crippen molar-refractivity contribution in [2.45, 2.75) is 11.7 Å². The molecule has 0 aliphatic carbocycles. The van der Waals surface area contributed by atoms with Gasteiger partial charge in [-0.1, -0.05) is 0 Å². The normalized spacial score (nSPS) is 27.4. The summed E-state index contributed by atoms with van der Waals surface area (Å²) in [5.41, 5.74) is 0. The first-order chi connectivity index (χ1) is 4.24. The summed E-state index contributed by atoms with van der Waals surface area (Å²) in [7, 11) is 0. The quantitative estimate of drug-likeness (QED) is 0.470. The van der Waals surface area contributed by atoms with Crippen molar-refractivity contribution in [3.8, 4) is 0 Å². The van der Waals surface area contributed by atoms with Crippen molar-refractivity contribution in [2.75, 3.05) is 6.26 Å². The van der Waals surface area contributed by atoms with Gasteiger partial charge in [-0.2, -0.15) is 0 Å². The van der Waals surface area contributed by atoms with E-state index >= 15 is 0 Å². The zero-order valence-corrected chi connectivity index (χ0v) is 5.90. The molecule has 0 saturated carbocycles. The molecule has 1 aliphatic heterocycles. The smallest absolute Gasteiger partial charge is 0.230 e. The third kappa shape index (κ3) is 1.31. The minimum atomic E-state index is -0.0856. The number of nitrogens with two attached hydrogens (primary N) is 1. The Hall–Kier alpha value is -0.350. The van der Waals surface area contributed by atoms with E-state index < -0.39 is 0 Å². The highest BCUT2D eigenvalue weighted by Gasteiger charge is 2.35. The van der Waals surface area contributed by atoms with E-state index in [1.807, 2.05) is 6.26 Å². The molecule has 0 aromatic rings. The van der Waals surface area contributed by atoms with Gasteiger partial charge in [0.25, 0.3) is 0 Å².